The average molecular weight is 237 g/mol. The molecule has 1 heterocycles. The third-order valence-electron chi connectivity index (χ3n) is 2.05. The van der Waals surface area contributed by atoms with Crippen molar-refractivity contribution in [2.75, 3.05) is 6.54 Å². The van der Waals surface area contributed by atoms with E-state index in [2.05, 4.69) is 11.9 Å². The molecule has 0 bridgehead atoms. The van der Waals surface area contributed by atoms with Crippen molar-refractivity contribution in [2.24, 2.45) is 0 Å². The normalized spacial score (nSPS) is 9.75. The Morgan fingerprint density at radius 2 is 2.25 bits per heavy atom. The predicted octanol–water partition coefficient (Wildman–Crippen LogP) is 2.40. The van der Waals surface area contributed by atoms with E-state index in [1.165, 1.54) is 11.3 Å². The number of thiophene rings is 1. The van der Waals surface area contributed by atoms with E-state index in [9.17, 15) is 9.59 Å². The summed E-state index contributed by atoms with van der Waals surface area (Å²) >= 11 is 1.44. The van der Waals surface area contributed by atoms with Crippen LogP contribution in [0.5, 0.6) is 0 Å². The Bertz CT molecular complexity index is 357. The number of hydrogen-bond acceptors (Lipinski definition) is 3. The van der Waals surface area contributed by atoms with Gasteiger partial charge in [-0.1, -0.05) is 12.1 Å². The average Bonchev–Trinajstić information content (AvgIpc) is 2.79. The van der Waals surface area contributed by atoms with Crippen LogP contribution in [0.25, 0.3) is 0 Å². The molecule has 0 unspecified atom stereocenters. The first-order valence-corrected chi connectivity index (χ1v) is 6.06. The van der Waals surface area contributed by atoms with Gasteiger partial charge in [0.2, 0.25) is 5.91 Å². The smallest absolute Gasteiger partial charge is 0.220 e. The summed E-state index contributed by atoms with van der Waals surface area (Å²) in [5, 5.41) is 4.55. The van der Waals surface area contributed by atoms with Crippen molar-refractivity contribution in [1.82, 2.24) is 5.32 Å². The lowest BCUT2D eigenvalue weighted by Gasteiger charge is -2.01. The highest BCUT2D eigenvalue weighted by molar-refractivity contribution is 7.12. The Kier molecular flexibility index (Phi) is 5.50. The highest BCUT2D eigenvalue weighted by Gasteiger charge is 2.07. The minimum Gasteiger partial charge on any atom is -0.353 e. The van der Waals surface area contributed by atoms with Crippen molar-refractivity contribution in [3.8, 4) is 0 Å². The van der Waals surface area contributed by atoms with Gasteiger partial charge in [0, 0.05) is 19.4 Å². The monoisotopic (exact) mass is 237 g/mol. The van der Waals surface area contributed by atoms with Gasteiger partial charge in [-0.15, -0.1) is 17.9 Å². The Labute approximate surface area is 99.2 Å². The van der Waals surface area contributed by atoms with Crippen molar-refractivity contribution in [3.05, 3.63) is 35.0 Å². The van der Waals surface area contributed by atoms with Crippen LogP contribution in [0.3, 0.4) is 0 Å². The van der Waals surface area contributed by atoms with E-state index in [1.807, 2.05) is 17.5 Å². The molecule has 0 atom stereocenters. The largest absolute Gasteiger partial charge is 0.353 e. The van der Waals surface area contributed by atoms with E-state index < -0.39 is 0 Å². The van der Waals surface area contributed by atoms with Crippen LogP contribution in [-0.4, -0.2) is 18.2 Å². The molecule has 86 valence electrons. The second kappa shape index (κ2) is 6.95. The molecule has 0 aliphatic rings. The number of carbonyl (C=O) groups is 2. The molecule has 0 saturated heterocycles. The van der Waals surface area contributed by atoms with Crippen LogP contribution in [0.1, 0.15) is 28.9 Å². The maximum atomic E-state index is 11.6. The lowest BCUT2D eigenvalue weighted by Crippen LogP contribution is -2.22. The van der Waals surface area contributed by atoms with Gasteiger partial charge in [0.25, 0.3) is 0 Å². The molecule has 1 amide bonds. The first-order valence-electron chi connectivity index (χ1n) is 5.18. The SMILES string of the molecule is C=CCNC(=O)CCCC(=O)c1cccs1. The summed E-state index contributed by atoms with van der Waals surface area (Å²) in [6.07, 6.45) is 3.06. The van der Waals surface area contributed by atoms with Crippen LogP contribution in [0.15, 0.2) is 30.2 Å². The maximum absolute atomic E-state index is 11.6. The van der Waals surface area contributed by atoms with Gasteiger partial charge in [-0.25, -0.2) is 0 Å². The fourth-order valence-corrected chi connectivity index (χ4v) is 1.94. The summed E-state index contributed by atoms with van der Waals surface area (Å²) in [5.41, 5.74) is 0. The molecule has 0 radical (unpaired) electrons. The first-order chi connectivity index (χ1) is 7.74. The molecule has 1 aromatic heterocycles. The fraction of sp³-hybridized carbons (Fsp3) is 0.333. The third-order valence-corrected chi connectivity index (χ3v) is 2.96. The second-order valence-electron chi connectivity index (χ2n) is 3.35. The van der Waals surface area contributed by atoms with Gasteiger partial charge < -0.3 is 5.32 Å². The molecular formula is C12H15NO2S. The van der Waals surface area contributed by atoms with E-state index in [0.29, 0.717) is 25.8 Å². The van der Waals surface area contributed by atoms with Gasteiger partial charge in [-0.2, -0.15) is 0 Å². The summed E-state index contributed by atoms with van der Waals surface area (Å²) in [7, 11) is 0. The molecule has 3 nitrogen and oxygen atoms in total. The van der Waals surface area contributed by atoms with Crippen LogP contribution in [-0.2, 0) is 4.79 Å². The standard InChI is InChI=1S/C12H15NO2S/c1-2-8-13-12(15)7-3-5-10(14)11-6-4-9-16-11/h2,4,6,9H,1,3,5,7-8H2,(H,13,15). The Morgan fingerprint density at radius 1 is 1.44 bits per heavy atom. The van der Waals surface area contributed by atoms with E-state index in [-0.39, 0.29) is 11.7 Å². The van der Waals surface area contributed by atoms with Crippen LogP contribution in [0, 0.1) is 0 Å². The van der Waals surface area contributed by atoms with Crippen LogP contribution in [0.2, 0.25) is 0 Å². The predicted molar refractivity (Wildman–Crippen MR) is 65.7 cm³/mol. The fourth-order valence-electron chi connectivity index (χ4n) is 1.24. The summed E-state index contributed by atoms with van der Waals surface area (Å²) in [6, 6.07) is 3.67. The van der Waals surface area contributed by atoms with Crippen molar-refractivity contribution in [3.63, 3.8) is 0 Å². The minimum absolute atomic E-state index is 0.0288. The quantitative estimate of drug-likeness (QED) is 0.584. The minimum atomic E-state index is -0.0288. The zero-order valence-electron chi connectivity index (χ0n) is 9.07. The van der Waals surface area contributed by atoms with Crippen LogP contribution in [0.4, 0.5) is 0 Å². The van der Waals surface area contributed by atoms with Crippen molar-refractivity contribution in [1.29, 1.82) is 0 Å². The highest BCUT2D eigenvalue weighted by Crippen LogP contribution is 2.12. The van der Waals surface area contributed by atoms with Gasteiger partial charge in [0.15, 0.2) is 5.78 Å². The molecule has 0 spiro atoms. The highest BCUT2D eigenvalue weighted by atomic mass is 32.1. The number of carbonyl (C=O) groups excluding carboxylic acids is 2. The number of hydrogen-bond donors (Lipinski definition) is 1. The Morgan fingerprint density at radius 3 is 2.88 bits per heavy atom. The molecule has 0 aliphatic carbocycles. The van der Waals surface area contributed by atoms with Gasteiger partial charge in [0.1, 0.15) is 0 Å². The van der Waals surface area contributed by atoms with Gasteiger partial charge in [-0.05, 0) is 17.9 Å². The van der Waals surface area contributed by atoms with E-state index in [1.54, 1.807) is 6.08 Å². The lowest BCUT2D eigenvalue weighted by molar-refractivity contribution is -0.120. The molecule has 0 fully saturated rings. The first kappa shape index (κ1) is 12.6. The van der Waals surface area contributed by atoms with E-state index in [0.717, 1.165) is 4.88 Å². The summed E-state index contributed by atoms with van der Waals surface area (Å²) in [5.74, 6) is 0.0883. The molecule has 0 aliphatic heterocycles. The van der Waals surface area contributed by atoms with E-state index in [4.69, 9.17) is 0 Å². The van der Waals surface area contributed by atoms with Crippen molar-refractivity contribution >= 4 is 23.0 Å². The lowest BCUT2D eigenvalue weighted by atomic mass is 10.1. The zero-order chi connectivity index (χ0) is 11.8. The Hall–Kier alpha value is -1.42. The number of nitrogens with one attached hydrogen (secondary N) is 1. The zero-order valence-corrected chi connectivity index (χ0v) is 9.89. The molecule has 4 heteroatoms. The van der Waals surface area contributed by atoms with Crippen molar-refractivity contribution in [2.45, 2.75) is 19.3 Å². The van der Waals surface area contributed by atoms with E-state index >= 15 is 0 Å². The van der Waals surface area contributed by atoms with Crippen molar-refractivity contribution < 1.29 is 9.59 Å². The number of rotatable bonds is 7. The molecular weight excluding hydrogens is 222 g/mol. The number of Topliss-reactive ketones (excluding diaryl/α,β-unsaturated/α-hetero) is 1. The van der Waals surface area contributed by atoms with Gasteiger partial charge in [0.05, 0.1) is 4.88 Å². The van der Waals surface area contributed by atoms with Crippen LogP contribution < -0.4 is 5.32 Å². The summed E-state index contributed by atoms with van der Waals surface area (Å²) in [6.45, 7) is 3.99. The molecule has 0 aromatic carbocycles. The molecule has 1 N–H and O–H groups in total. The topological polar surface area (TPSA) is 46.2 Å². The Balaban J connectivity index is 2.18. The maximum Gasteiger partial charge on any atom is 0.220 e. The third kappa shape index (κ3) is 4.40. The molecule has 1 rings (SSSR count). The van der Waals surface area contributed by atoms with Gasteiger partial charge >= 0.3 is 0 Å². The number of amides is 1. The second-order valence-corrected chi connectivity index (χ2v) is 4.29. The summed E-state index contributed by atoms with van der Waals surface area (Å²) in [4.78, 5) is 23.5. The molecule has 16 heavy (non-hydrogen) atoms. The van der Waals surface area contributed by atoms with Crippen LogP contribution >= 0.6 is 11.3 Å². The molecule has 1 aromatic rings. The molecule has 0 saturated carbocycles. The summed E-state index contributed by atoms with van der Waals surface area (Å²) < 4.78 is 0. The number of ketones is 1. The van der Waals surface area contributed by atoms with Gasteiger partial charge in [-0.3, -0.25) is 9.59 Å².